The highest BCUT2D eigenvalue weighted by atomic mass is 15.2. The number of nitriles is 1. The first kappa shape index (κ1) is 12.8. The van der Waals surface area contributed by atoms with Gasteiger partial charge < -0.3 is 21.4 Å². The van der Waals surface area contributed by atoms with Gasteiger partial charge in [-0.25, -0.2) is 4.98 Å². The van der Waals surface area contributed by atoms with Gasteiger partial charge in [0.1, 0.15) is 0 Å². The second kappa shape index (κ2) is 7.08. The summed E-state index contributed by atoms with van der Waals surface area (Å²) in [6, 6.07) is 0. The molecule has 1 heterocycles. The standard InChI is InChI=1S/C9H16N8/c1-12-9(16-6-10)14-3-2-13-4-7-5-15-8(11)17-7/h5,13H,2-4H2,1H3,(H3,11,15,17)(H2,12,14,16). The third-order valence-electron chi connectivity index (χ3n) is 1.95. The zero-order valence-electron chi connectivity index (χ0n) is 9.62. The summed E-state index contributed by atoms with van der Waals surface area (Å²) in [6.07, 6.45) is 3.55. The summed E-state index contributed by atoms with van der Waals surface area (Å²) in [5.74, 6) is 0.872. The van der Waals surface area contributed by atoms with E-state index in [0.717, 1.165) is 12.2 Å². The quantitative estimate of drug-likeness (QED) is 0.143. The minimum Gasteiger partial charge on any atom is -0.369 e. The van der Waals surface area contributed by atoms with Crippen molar-refractivity contribution in [3.05, 3.63) is 11.9 Å². The van der Waals surface area contributed by atoms with Crippen molar-refractivity contribution in [2.75, 3.05) is 25.9 Å². The Hall–Kier alpha value is -2.27. The predicted octanol–water partition coefficient (Wildman–Crippen LogP) is -1.27. The molecular formula is C9H16N8. The SMILES string of the molecule is C/N=C(\NC#N)NCCNCc1c[nH]c(N)n1. The van der Waals surface area contributed by atoms with E-state index in [4.69, 9.17) is 11.0 Å². The van der Waals surface area contributed by atoms with Crippen LogP contribution >= 0.6 is 0 Å². The first-order chi connectivity index (χ1) is 8.26. The molecule has 0 aromatic carbocycles. The van der Waals surface area contributed by atoms with Crippen molar-refractivity contribution in [3.63, 3.8) is 0 Å². The van der Waals surface area contributed by atoms with Crippen molar-refractivity contribution >= 4 is 11.9 Å². The van der Waals surface area contributed by atoms with Crippen LogP contribution in [0.3, 0.4) is 0 Å². The second-order valence-electron chi connectivity index (χ2n) is 3.19. The van der Waals surface area contributed by atoms with Gasteiger partial charge in [0.15, 0.2) is 12.1 Å². The number of nitrogens with two attached hydrogens (primary N) is 1. The third kappa shape index (κ3) is 4.85. The molecule has 1 aromatic rings. The van der Waals surface area contributed by atoms with Gasteiger partial charge in [-0.3, -0.25) is 10.3 Å². The minimum atomic E-state index is 0.415. The number of aliphatic imine (C=N–C) groups is 1. The maximum Gasteiger partial charge on any atom is 0.204 e. The smallest absolute Gasteiger partial charge is 0.204 e. The van der Waals surface area contributed by atoms with Crippen LogP contribution in [-0.2, 0) is 6.54 Å². The van der Waals surface area contributed by atoms with Crippen LogP contribution in [0.1, 0.15) is 5.69 Å². The number of hydrogen-bond acceptors (Lipinski definition) is 5. The fourth-order valence-corrected chi connectivity index (χ4v) is 1.18. The van der Waals surface area contributed by atoms with Gasteiger partial charge in [0.2, 0.25) is 5.96 Å². The molecule has 1 rings (SSSR count). The number of imidazole rings is 1. The van der Waals surface area contributed by atoms with E-state index < -0.39 is 0 Å². The molecule has 0 bridgehead atoms. The lowest BCUT2D eigenvalue weighted by Gasteiger charge is -2.07. The summed E-state index contributed by atoms with van der Waals surface area (Å²) in [4.78, 5) is 10.7. The van der Waals surface area contributed by atoms with Crippen LogP contribution < -0.4 is 21.7 Å². The molecule has 0 saturated carbocycles. The summed E-state index contributed by atoms with van der Waals surface area (Å²) >= 11 is 0. The fraction of sp³-hybridized carbons (Fsp3) is 0.444. The van der Waals surface area contributed by atoms with Crippen molar-refractivity contribution in [1.29, 1.82) is 5.26 Å². The van der Waals surface area contributed by atoms with Crippen molar-refractivity contribution in [3.8, 4) is 6.19 Å². The first-order valence-corrected chi connectivity index (χ1v) is 5.12. The third-order valence-corrected chi connectivity index (χ3v) is 1.95. The van der Waals surface area contributed by atoms with E-state index in [-0.39, 0.29) is 0 Å². The number of nitrogens with one attached hydrogen (secondary N) is 4. The Balaban J connectivity index is 2.11. The fourth-order valence-electron chi connectivity index (χ4n) is 1.18. The molecule has 0 saturated heterocycles. The molecule has 0 spiro atoms. The van der Waals surface area contributed by atoms with Gasteiger partial charge in [0.05, 0.1) is 5.69 Å². The van der Waals surface area contributed by atoms with Crippen LogP contribution in [0, 0.1) is 11.5 Å². The summed E-state index contributed by atoms with van der Waals surface area (Å²) < 4.78 is 0. The molecule has 0 aliphatic heterocycles. The molecule has 0 radical (unpaired) electrons. The highest BCUT2D eigenvalue weighted by molar-refractivity contribution is 5.80. The van der Waals surface area contributed by atoms with Gasteiger partial charge in [0.25, 0.3) is 0 Å². The average Bonchev–Trinajstić information content (AvgIpc) is 2.73. The molecule has 0 unspecified atom stereocenters. The summed E-state index contributed by atoms with van der Waals surface area (Å²) in [5, 5.41) is 17.0. The molecule has 0 aliphatic carbocycles. The predicted molar refractivity (Wildman–Crippen MR) is 64.8 cm³/mol. The van der Waals surface area contributed by atoms with Crippen LogP contribution in [-0.4, -0.2) is 36.1 Å². The van der Waals surface area contributed by atoms with Crippen LogP contribution in [0.5, 0.6) is 0 Å². The van der Waals surface area contributed by atoms with Gasteiger partial charge in [-0.05, 0) is 0 Å². The number of anilines is 1. The number of nitrogens with zero attached hydrogens (tertiary/aromatic N) is 3. The van der Waals surface area contributed by atoms with Gasteiger partial charge in [-0.2, -0.15) is 5.26 Å². The number of aromatic nitrogens is 2. The highest BCUT2D eigenvalue weighted by Crippen LogP contribution is 1.95. The number of rotatable bonds is 5. The van der Waals surface area contributed by atoms with Crippen LogP contribution in [0.15, 0.2) is 11.2 Å². The summed E-state index contributed by atoms with van der Waals surface area (Å²) in [6.45, 7) is 2.01. The largest absolute Gasteiger partial charge is 0.369 e. The molecule has 0 atom stereocenters. The number of hydrogen-bond donors (Lipinski definition) is 5. The zero-order chi connectivity index (χ0) is 12.5. The zero-order valence-corrected chi connectivity index (χ0v) is 9.62. The molecule has 1 aromatic heterocycles. The summed E-state index contributed by atoms with van der Waals surface area (Å²) in [7, 11) is 1.60. The Morgan fingerprint density at radius 1 is 1.65 bits per heavy atom. The van der Waals surface area contributed by atoms with Crippen molar-refractivity contribution in [2.24, 2.45) is 4.99 Å². The number of nitrogen functional groups attached to an aromatic ring is 1. The Kier molecular flexibility index (Phi) is 5.33. The number of H-pyrrole nitrogens is 1. The first-order valence-electron chi connectivity index (χ1n) is 5.12. The maximum absolute atomic E-state index is 8.40. The Morgan fingerprint density at radius 2 is 2.47 bits per heavy atom. The van der Waals surface area contributed by atoms with Crippen molar-refractivity contribution < 1.29 is 0 Å². The summed E-state index contributed by atoms with van der Waals surface area (Å²) in [5.41, 5.74) is 6.30. The molecule has 0 fully saturated rings. The molecule has 17 heavy (non-hydrogen) atoms. The van der Waals surface area contributed by atoms with Gasteiger partial charge in [-0.15, -0.1) is 0 Å². The van der Waals surface area contributed by atoms with E-state index in [9.17, 15) is 0 Å². The lowest BCUT2D eigenvalue weighted by atomic mass is 10.4. The van der Waals surface area contributed by atoms with Gasteiger partial charge in [0, 0.05) is 32.9 Å². The van der Waals surface area contributed by atoms with E-state index >= 15 is 0 Å². The molecule has 8 heteroatoms. The molecule has 92 valence electrons. The van der Waals surface area contributed by atoms with Crippen molar-refractivity contribution in [2.45, 2.75) is 6.54 Å². The van der Waals surface area contributed by atoms with E-state index in [1.165, 1.54) is 0 Å². The average molecular weight is 236 g/mol. The molecule has 0 aliphatic rings. The molecule has 0 amide bonds. The topological polar surface area (TPSA) is 127 Å². The van der Waals surface area contributed by atoms with E-state index in [0.29, 0.717) is 25.0 Å². The van der Waals surface area contributed by atoms with E-state index in [2.05, 4.69) is 30.9 Å². The Morgan fingerprint density at radius 3 is 3.06 bits per heavy atom. The molecule has 6 N–H and O–H groups in total. The molecule has 8 nitrogen and oxygen atoms in total. The van der Waals surface area contributed by atoms with Crippen molar-refractivity contribution in [1.82, 2.24) is 25.9 Å². The highest BCUT2D eigenvalue weighted by Gasteiger charge is 1.97. The number of aromatic amines is 1. The number of guanidine groups is 1. The lowest BCUT2D eigenvalue weighted by molar-refractivity contribution is 0.661. The lowest BCUT2D eigenvalue weighted by Crippen LogP contribution is -2.38. The van der Waals surface area contributed by atoms with E-state index in [1.54, 1.807) is 19.4 Å². The van der Waals surface area contributed by atoms with E-state index in [1.807, 2.05) is 0 Å². The van der Waals surface area contributed by atoms with Gasteiger partial charge in [-0.1, -0.05) is 0 Å². The normalized spacial score (nSPS) is 10.9. The Labute approximate surface area is 99.3 Å². The minimum absolute atomic E-state index is 0.415. The van der Waals surface area contributed by atoms with Gasteiger partial charge >= 0.3 is 0 Å². The van der Waals surface area contributed by atoms with Crippen LogP contribution in [0.4, 0.5) is 5.95 Å². The van der Waals surface area contributed by atoms with Crippen LogP contribution in [0.25, 0.3) is 0 Å². The molecular weight excluding hydrogens is 220 g/mol. The Bertz CT molecular complexity index is 401. The monoisotopic (exact) mass is 236 g/mol. The second-order valence-corrected chi connectivity index (χ2v) is 3.19. The van der Waals surface area contributed by atoms with Crippen LogP contribution in [0.2, 0.25) is 0 Å². The maximum atomic E-state index is 8.40.